The second-order valence-electron chi connectivity index (χ2n) is 5.55. The van der Waals surface area contributed by atoms with Crippen molar-refractivity contribution in [3.8, 4) is 11.5 Å². The van der Waals surface area contributed by atoms with Crippen LogP contribution in [-0.2, 0) is 0 Å². The lowest BCUT2D eigenvalue weighted by Gasteiger charge is -2.14. The minimum absolute atomic E-state index is 0.562. The minimum Gasteiger partial charge on any atom is -0.490 e. The molecule has 0 fully saturated rings. The number of ether oxygens (including phenoxy) is 2. The van der Waals surface area contributed by atoms with E-state index in [4.69, 9.17) is 9.47 Å². The Morgan fingerprint density at radius 2 is 1.68 bits per heavy atom. The first-order valence-corrected chi connectivity index (χ1v) is 8.98. The van der Waals surface area contributed by atoms with E-state index in [1.54, 1.807) is 6.33 Å². The number of aromatic nitrogens is 2. The lowest BCUT2D eigenvalue weighted by atomic mass is 10.2. The van der Waals surface area contributed by atoms with Gasteiger partial charge in [0, 0.05) is 21.6 Å². The van der Waals surface area contributed by atoms with Crippen LogP contribution < -0.4 is 14.8 Å². The van der Waals surface area contributed by atoms with E-state index in [1.807, 2.05) is 32.0 Å². The van der Waals surface area contributed by atoms with Gasteiger partial charge < -0.3 is 14.8 Å². The maximum absolute atomic E-state index is 5.73. The maximum atomic E-state index is 5.73. The molecule has 0 aliphatic heterocycles. The van der Waals surface area contributed by atoms with Gasteiger partial charge in [0.15, 0.2) is 11.5 Å². The summed E-state index contributed by atoms with van der Waals surface area (Å²) in [7, 11) is 0. The predicted octanol–water partition coefficient (Wildman–Crippen LogP) is 5.24. The number of nitrogens with zero attached hydrogens (tertiary/aromatic N) is 2. The average Bonchev–Trinajstić information content (AvgIpc) is 2.55. The molecule has 0 amide bonds. The number of nitrogens with one attached hydrogen (secondary N) is 1. The van der Waals surface area contributed by atoms with Gasteiger partial charge in [0.05, 0.1) is 18.7 Å². The molecule has 1 heterocycles. The Labute approximate surface area is 155 Å². The fourth-order valence-electron chi connectivity index (χ4n) is 2.65. The molecule has 1 N–H and O–H groups in total. The summed E-state index contributed by atoms with van der Waals surface area (Å²) in [5.41, 5.74) is 2.92. The van der Waals surface area contributed by atoms with Crippen molar-refractivity contribution < 1.29 is 9.47 Å². The molecule has 3 rings (SSSR count). The molecule has 6 heteroatoms. The van der Waals surface area contributed by atoms with E-state index in [-0.39, 0.29) is 0 Å². The molecule has 3 aromatic rings. The van der Waals surface area contributed by atoms with Crippen molar-refractivity contribution in [1.82, 2.24) is 9.97 Å². The molecule has 2 aromatic carbocycles. The van der Waals surface area contributed by atoms with Crippen molar-refractivity contribution in [2.24, 2.45) is 0 Å². The molecule has 0 aliphatic rings. The molecule has 0 radical (unpaired) electrons. The third-order valence-corrected chi connectivity index (χ3v) is 4.06. The molecule has 0 aliphatic carbocycles. The second-order valence-corrected chi connectivity index (χ2v) is 6.46. The van der Waals surface area contributed by atoms with Crippen LogP contribution in [0.3, 0.4) is 0 Å². The van der Waals surface area contributed by atoms with E-state index in [0.29, 0.717) is 24.7 Å². The standard InChI is InChI=1S/C19H20BrN3O2/c1-4-24-17-9-15-16(10-18(17)25-5-2)21-11-22-19(15)23-14-7-12(3)6-13(20)8-14/h6-11H,4-5H2,1-3H3,(H,21,22,23). The highest BCUT2D eigenvalue weighted by Crippen LogP contribution is 2.35. The van der Waals surface area contributed by atoms with Crippen molar-refractivity contribution in [3.05, 3.63) is 46.7 Å². The smallest absolute Gasteiger partial charge is 0.163 e. The molecule has 0 atom stereocenters. The third kappa shape index (κ3) is 4.02. The maximum Gasteiger partial charge on any atom is 0.163 e. The first-order valence-electron chi connectivity index (χ1n) is 8.19. The molecule has 0 spiro atoms. The van der Waals surface area contributed by atoms with Gasteiger partial charge in [-0.15, -0.1) is 0 Å². The number of halogens is 1. The zero-order valence-corrected chi connectivity index (χ0v) is 16.1. The fourth-order valence-corrected chi connectivity index (χ4v) is 3.25. The highest BCUT2D eigenvalue weighted by atomic mass is 79.9. The van der Waals surface area contributed by atoms with Crippen molar-refractivity contribution in [2.45, 2.75) is 20.8 Å². The van der Waals surface area contributed by atoms with Crippen LogP contribution in [0.4, 0.5) is 11.5 Å². The van der Waals surface area contributed by atoms with Gasteiger partial charge in [-0.05, 0) is 50.6 Å². The van der Waals surface area contributed by atoms with Gasteiger partial charge in [-0.2, -0.15) is 0 Å². The Balaban J connectivity index is 2.07. The Morgan fingerprint density at radius 3 is 2.36 bits per heavy atom. The highest BCUT2D eigenvalue weighted by Gasteiger charge is 2.12. The Hall–Kier alpha value is -2.34. The normalized spacial score (nSPS) is 10.7. The van der Waals surface area contributed by atoms with Crippen LogP contribution >= 0.6 is 15.9 Å². The summed E-state index contributed by atoms with van der Waals surface area (Å²) in [6.45, 7) is 7.08. The van der Waals surface area contributed by atoms with E-state index >= 15 is 0 Å². The van der Waals surface area contributed by atoms with Gasteiger partial charge in [-0.25, -0.2) is 9.97 Å². The summed E-state index contributed by atoms with van der Waals surface area (Å²) >= 11 is 3.53. The number of hydrogen-bond donors (Lipinski definition) is 1. The van der Waals surface area contributed by atoms with Gasteiger partial charge in [-0.3, -0.25) is 0 Å². The van der Waals surface area contributed by atoms with Crippen LogP contribution in [-0.4, -0.2) is 23.2 Å². The van der Waals surface area contributed by atoms with Crippen LogP contribution in [0, 0.1) is 6.92 Å². The van der Waals surface area contributed by atoms with E-state index in [0.717, 1.165) is 32.4 Å². The summed E-state index contributed by atoms with van der Waals surface area (Å²) in [6, 6.07) is 9.96. The Kier molecular flexibility index (Phi) is 5.38. The van der Waals surface area contributed by atoms with E-state index in [1.165, 1.54) is 0 Å². The van der Waals surface area contributed by atoms with Crippen molar-refractivity contribution in [2.75, 3.05) is 18.5 Å². The monoisotopic (exact) mass is 401 g/mol. The lowest BCUT2D eigenvalue weighted by Crippen LogP contribution is -2.01. The largest absolute Gasteiger partial charge is 0.490 e. The topological polar surface area (TPSA) is 56.3 Å². The summed E-state index contributed by atoms with van der Waals surface area (Å²) < 4.78 is 12.4. The number of benzene rings is 2. The van der Waals surface area contributed by atoms with Crippen LogP contribution in [0.1, 0.15) is 19.4 Å². The summed E-state index contributed by atoms with van der Waals surface area (Å²) in [5, 5.41) is 4.25. The van der Waals surface area contributed by atoms with E-state index < -0.39 is 0 Å². The predicted molar refractivity (Wildman–Crippen MR) is 104 cm³/mol. The quantitative estimate of drug-likeness (QED) is 0.611. The molecule has 0 unspecified atom stereocenters. The first-order chi connectivity index (χ1) is 12.1. The van der Waals surface area contributed by atoms with Gasteiger partial charge in [0.2, 0.25) is 0 Å². The molecule has 130 valence electrons. The van der Waals surface area contributed by atoms with Crippen molar-refractivity contribution >= 4 is 38.3 Å². The van der Waals surface area contributed by atoms with Crippen molar-refractivity contribution in [3.63, 3.8) is 0 Å². The molecule has 0 saturated carbocycles. The van der Waals surface area contributed by atoms with Crippen LogP contribution in [0.5, 0.6) is 11.5 Å². The fraction of sp³-hybridized carbons (Fsp3) is 0.263. The molecule has 25 heavy (non-hydrogen) atoms. The van der Waals surface area contributed by atoms with Gasteiger partial charge >= 0.3 is 0 Å². The first kappa shape index (κ1) is 17.5. The van der Waals surface area contributed by atoms with Crippen LogP contribution in [0.25, 0.3) is 10.9 Å². The van der Waals surface area contributed by atoms with Crippen LogP contribution in [0.2, 0.25) is 0 Å². The summed E-state index contributed by atoms with van der Waals surface area (Å²) in [5.74, 6) is 2.12. The molecule has 1 aromatic heterocycles. The lowest BCUT2D eigenvalue weighted by molar-refractivity contribution is 0.288. The van der Waals surface area contributed by atoms with E-state index in [9.17, 15) is 0 Å². The molecular formula is C19H20BrN3O2. The van der Waals surface area contributed by atoms with E-state index in [2.05, 4.69) is 50.3 Å². The number of rotatable bonds is 6. The molecule has 5 nitrogen and oxygen atoms in total. The summed E-state index contributed by atoms with van der Waals surface area (Å²) in [4.78, 5) is 8.77. The van der Waals surface area contributed by atoms with Gasteiger partial charge in [-0.1, -0.05) is 15.9 Å². The van der Waals surface area contributed by atoms with Gasteiger partial charge in [0.25, 0.3) is 0 Å². The van der Waals surface area contributed by atoms with Gasteiger partial charge in [0.1, 0.15) is 12.1 Å². The average molecular weight is 402 g/mol. The Bertz CT molecular complexity index is 879. The number of fused-ring (bicyclic) bond motifs is 1. The second kappa shape index (κ2) is 7.70. The molecule has 0 saturated heterocycles. The minimum atomic E-state index is 0.562. The Morgan fingerprint density at radius 1 is 0.960 bits per heavy atom. The SMILES string of the molecule is CCOc1cc2ncnc(Nc3cc(C)cc(Br)c3)c2cc1OCC. The molecule has 0 bridgehead atoms. The van der Waals surface area contributed by atoms with Crippen molar-refractivity contribution in [1.29, 1.82) is 0 Å². The zero-order valence-electron chi connectivity index (χ0n) is 14.5. The number of hydrogen-bond acceptors (Lipinski definition) is 5. The summed E-state index contributed by atoms with van der Waals surface area (Å²) in [6.07, 6.45) is 1.55. The highest BCUT2D eigenvalue weighted by molar-refractivity contribution is 9.10. The zero-order chi connectivity index (χ0) is 17.8. The number of anilines is 2. The molecular weight excluding hydrogens is 382 g/mol. The van der Waals surface area contributed by atoms with Crippen LogP contribution in [0.15, 0.2) is 41.1 Å². The third-order valence-electron chi connectivity index (χ3n) is 3.61. The number of aryl methyl sites for hydroxylation is 1.